The molecule has 0 aliphatic heterocycles. The number of aromatic nitrogens is 4. The van der Waals surface area contributed by atoms with Gasteiger partial charge in [-0.1, -0.05) is 61.9 Å². The highest BCUT2D eigenvalue weighted by atomic mass is 16.5. The average molecular weight is 594 g/mol. The van der Waals surface area contributed by atoms with Gasteiger partial charge in [-0.25, -0.2) is 9.67 Å². The highest BCUT2D eigenvalue weighted by molar-refractivity contribution is 6.09. The molecule has 3 heterocycles. The average Bonchev–Trinajstić information content (AvgIpc) is 3.56. The van der Waals surface area contributed by atoms with Crippen molar-refractivity contribution in [1.82, 2.24) is 19.3 Å². The fraction of sp³-hybridized carbons (Fsp3) is 0.200. The number of hydrogen-bond donors (Lipinski definition) is 0. The van der Waals surface area contributed by atoms with Crippen LogP contribution in [0, 0.1) is 26.6 Å². The first-order valence-electron chi connectivity index (χ1n) is 17.0. The lowest BCUT2D eigenvalue weighted by Gasteiger charge is -2.12. The molecule has 0 unspecified atom stereocenters. The van der Waals surface area contributed by atoms with Gasteiger partial charge in [0.25, 0.3) is 0 Å². The summed E-state index contributed by atoms with van der Waals surface area (Å²) in [4.78, 5) is 4.78. The predicted octanol–water partition coefficient (Wildman–Crippen LogP) is 10.3. The third-order valence-electron chi connectivity index (χ3n) is 8.44. The first-order valence-corrected chi connectivity index (χ1v) is 15.5. The number of nitrogens with zero attached hydrogens (tertiary/aromatic N) is 4. The van der Waals surface area contributed by atoms with Crippen LogP contribution in [-0.4, -0.2) is 19.3 Å². The summed E-state index contributed by atoms with van der Waals surface area (Å²) in [6.07, 6.45) is 3.90. The fourth-order valence-electron chi connectivity index (χ4n) is 6.24. The van der Waals surface area contributed by atoms with Crippen LogP contribution < -0.4 is 4.74 Å². The maximum Gasteiger partial charge on any atom is 0.137 e. The van der Waals surface area contributed by atoms with Gasteiger partial charge in [0.15, 0.2) is 0 Å². The quantitative estimate of drug-likeness (QED) is 0.176. The van der Waals surface area contributed by atoms with E-state index >= 15 is 0 Å². The van der Waals surface area contributed by atoms with E-state index in [4.69, 9.17) is 18.9 Å². The van der Waals surface area contributed by atoms with Crippen LogP contribution in [0.5, 0.6) is 11.5 Å². The molecule has 0 bridgehead atoms. The lowest BCUT2D eigenvalue weighted by molar-refractivity contribution is 0.482. The van der Waals surface area contributed by atoms with Gasteiger partial charge in [0.05, 0.1) is 22.4 Å². The zero-order valence-electron chi connectivity index (χ0n) is 29.1. The number of ether oxygens (including phenoxy) is 1. The Morgan fingerprint density at radius 1 is 0.800 bits per heavy atom. The predicted molar refractivity (Wildman–Crippen MR) is 185 cm³/mol. The van der Waals surface area contributed by atoms with Crippen LogP contribution >= 0.6 is 0 Å². The van der Waals surface area contributed by atoms with Gasteiger partial charge in [-0.05, 0) is 99.1 Å². The Morgan fingerprint density at radius 3 is 2.47 bits per heavy atom. The summed E-state index contributed by atoms with van der Waals surface area (Å²) < 4.78 is 34.7. The van der Waals surface area contributed by atoms with E-state index in [1.54, 1.807) is 12.1 Å². The van der Waals surface area contributed by atoms with E-state index in [2.05, 4.69) is 49.6 Å². The standard InChI is InChI=1S/C40H38N4O/c1-26(2)14-16-30-20-21-41-39(23-30)43-37-19-15-27(3)22-36(37)35-18-17-34(25-38(35)43)45-33-13-9-12-32(24-33)44-29(5)40(28(4)42-44)31-10-7-6-8-11-31/h6-13,15,17-26H,14,16H2,1-5H3/i3D3. The number of rotatable bonds is 8. The van der Waals surface area contributed by atoms with Crippen molar-refractivity contribution >= 4 is 21.8 Å². The van der Waals surface area contributed by atoms with E-state index in [9.17, 15) is 0 Å². The Balaban J connectivity index is 1.30. The molecule has 0 N–H and O–H groups in total. The van der Waals surface area contributed by atoms with Crippen LogP contribution in [0.25, 0.3) is 44.4 Å². The molecule has 7 aromatic rings. The summed E-state index contributed by atoms with van der Waals surface area (Å²) in [7, 11) is 0. The second-order valence-electron chi connectivity index (χ2n) is 12.1. The largest absolute Gasteiger partial charge is 0.457 e. The van der Waals surface area contributed by atoms with Crippen LogP contribution in [0.4, 0.5) is 0 Å². The summed E-state index contributed by atoms with van der Waals surface area (Å²) in [6, 6.07) is 33.8. The zero-order chi connectivity index (χ0) is 33.6. The summed E-state index contributed by atoms with van der Waals surface area (Å²) in [5.74, 6) is 2.73. The Morgan fingerprint density at radius 2 is 1.64 bits per heavy atom. The van der Waals surface area contributed by atoms with E-state index in [0.717, 1.165) is 68.7 Å². The Labute approximate surface area is 269 Å². The maximum absolute atomic E-state index is 8.03. The molecule has 0 aliphatic carbocycles. The number of aryl methyl sites for hydroxylation is 3. The third-order valence-corrected chi connectivity index (χ3v) is 8.44. The summed E-state index contributed by atoms with van der Waals surface area (Å²) in [6.45, 7) is 6.38. The van der Waals surface area contributed by atoms with Crippen molar-refractivity contribution in [2.24, 2.45) is 5.92 Å². The highest BCUT2D eigenvalue weighted by Gasteiger charge is 2.17. The normalized spacial score (nSPS) is 12.9. The summed E-state index contributed by atoms with van der Waals surface area (Å²) in [5, 5.41) is 6.67. The lowest BCUT2D eigenvalue weighted by Crippen LogP contribution is -2.00. The Kier molecular flexibility index (Phi) is 6.57. The number of hydrogen-bond acceptors (Lipinski definition) is 3. The topological polar surface area (TPSA) is 44.9 Å². The van der Waals surface area contributed by atoms with Gasteiger partial charge in [-0.2, -0.15) is 5.10 Å². The molecule has 7 rings (SSSR count). The van der Waals surface area contributed by atoms with Crippen LogP contribution in [-0.2, 0) is 6.42 Å². The van der Waals surface area contributed by atoms with Gasteiger partial charge in [0.1, 0.15) is 17.3 Å². The third kappa shape index (κ3) is 5.51. The molecule has 0 atom stereocenters. The zero-order valence-corrected chi connectivity index (χ0v) is 26.1. The van der Waals surface area contributed by atoms with Gasteiger partial charge in [-0.3, -0.25) is 4.57 Å². The van der Waals surface area contributed by atoms with E-state index < -0.39 is 6.85 Å². The summed E-state index contributed by atoms with van der Waals surface area (Å²) in [5.41, 5.74) is 8.50. The van der Waals surface area contributed by atoms with Crippen LogP contribution in [0.15, 0.2) is 109 Å². The van der Waals surface area contributed by atoms with E-state index in [-0.39, 0.29) is 0 Å². The molecule has 0 fully saturated rings. The molecule has 3 aromatic heterocycles. The molecule has 4 aromatic carbocycles. The van der Waals surface area contributed by atoms with Gasteiger partial charge in [0, 0.05) is 44.5 Å². The molecule has 45 heavy (non-hydrogen) atoms. The molecular weight excluding hydrogens is 552 g/mol. The summed E-state index contributed by atoms with van der Waals surface area (Å²) >= 11 is 0. The smallest absolute Gasteiger partial charge is 0.137 e. The number of pyridine rings is 1. The molecule has 0 radical (unpaired) electrons. The second kappa shape index (κ2) is 11.7. The fourth-order valence-corrected chi connectivity index (χ4v) is 6.24. The Bertz CT molecular complexity index is 2260. The molecule has 224 valence electrons. The van der Waals surface area contributed by atoms with E-state index in [0.29, 0.717) is 23.0 Å². The molecule has 0 saturated heterocycles. The number of benzene rings is 4. The first-order chi connectivity index (χ1) is 23.1. The van der Waals surface area contributed by atoms with Crippen molar-refractivity contribution in [3.63, 3.8) is 0 Å². The van der Waals surface area contributed by atoms with Crippen molar-refractivity contribution in [1.29, 1.82) is 0 Å². The van der Waals surface area contributed by atoms with Crippen molar-refractivity contribution in [3.05, 3.63) is 132 Å². The van der Waals surface area contributed by atoms with Gasteiger partial charge >= 0.3 is 0 Å². The van der Waals surface area contributed by atoms with Gasteiger partial charge in [-0.15, -0.1) is 0 Å². The number of fused-ring (bicyclic) bond motifs is 3. The molecule has 0 spiro atoms. The van der Waals surface area contributed by atoms with Gasteiger partial charge < -0.3 is 4.74 Å². The minimum atomic E-state index is -2.21. The molecule has 0 amide bonds. The molecule has 0 aliphatic rings. The SMILES string of the molecule is [2H]C([2H])([2H])c1ccc2c(c1)c1ccc(Oc3cccc(-n4nc(C)c(-c5ccccc5)c4C)c3)cc1n2-c1cc(CCC(C)C)ccn1. The monoisotopic (exact) mass is 593 g/mol. The van der Waals surface area contributed by atoms with Crippen molar-refractivity contribution in [2.75, 3.05) is 0 Å². The minimum absolute atomic E-state index is 0.310. The van der Waals surface area contributed by atoms with Crippen molar-refractivity contribution < 1.29 is 8.85 Å². The minimum Gasteiger partial charge on any atom is -0.457 e. The molecule has 0 saturated carbocycles. The van der Waals surface area contributed by atoms with Gasteiger partial charge in [0.2, 0.25) is 0 Å². The van der Waals surface area contributed by atoms with Crippen LogP contribution in [0.1, 0.15) is 46.9 Å². The van der Waals surface area contributed by atoms with Crippen LogP contribution in [0.3, 0.4) is 0 Å². The maximum atomic E-state index is 8.03. The molecular formula is C40H38N4O. The molecule has 5 nitrogen and oxygen atoms in total. The van der Waals surface area contributed by atoms with Crippen molar-refractivity contribution in [2.45, 2.75) is 47.4 Å². The highest BCUT2D eigenvalue weighted by Crippen LogP contribution is 2.36. The Hall–Kier alpha value is -5.16. The van der Waals surface area contributed by atoms with Crippen molar-refractivity contribution in [3.8, 4) is 34.1 Å². The van der Waals surface area contributed by atoms with Crippen LogP contribution in [0.2, 0.25) is 0 Å². The lowest BCUT2D eigenvalue weighted by atomic mass is 10.0. The molecule has 5 heteroatoms. The second-order valence-corrected chi connectivity index (χ2v) is 12.1. The first kappa shape index (κ1) is 25.2. The van der Waals surface area contributed by atoms with E-state index in [1.807, 2.05) is 84.5 Å². The van der Waals surface area contributed by atoms with E-state index in [1.165, 1.54) is 5.56 Å².